The first-order valence-electron chi connectivity index (χ1n) is 7.99. The molecule has 1 atom stereocenters. The molecule has 4 nitrogen and oxygen atoms in total. The fourth-order valence-corrected chi connectivity index (χ4v) is 3.24. The summed E-state index contributed by atoms with van der Waals surface area (Å²) in [5.41, 5.74) is 1.11. The van der Waals surface area contributed by atoms with E-state index in [0.717, 1.165) is 27.8 Å². The van der Waals surface area contributed by atoms with Crippen LogP contribution in [0, 0.1) is 0 Å². The van der Waals surface area contributed by atoms with Crippen LogP contribution in [0.25, 0.3) is 0 Å². The molecular weight excluding hydrogens is 358 g/mol. The molecule has 0 unspecified atom stereocenters. The number of carbonyl (C=O) groups excluding carboxylic acids is 1. The number of hydrogen-bond donors (Lipinski definition) is 1. The molecule has 134 valence electrons. The lowest BCUT2D eigenvalue weighted by atomic mass is 10.2. The molecule has 0 spiro atoms. The van der Waals surface area contributed by atoms with Gasteiger partial charge in [0.1, 0.15) is 11.5 Å². The highest BCUT2D eigenvalue weighted by Gasteiger charge is 2.14. The lowest BCUT2D eigenvalue weighted by molar-refractivity contribution is -0.127. The average molecular weight is 380 g/mol. The SMILES string of the molecule is COc1ccc(O[C@@H](C)C(=O)NCCSCc2ccccc2Cl)cc1. The Hall–Kier alpha value is -1.85. The van der Waals surface area contributed by atoms with E-state index in [1.54, 1.807) is 50.1 Å². The quantitative estimate of drug-likeness (QED) is 0.664. The summed E-state index contributed by atoms with van der Waals surface area (Å²) >= 11 is 7.85. The number of nitrogens with one attached hydrogen (secondary N) is 1. The van der Waals surface area contributed by atoms with Crippen molar-refractivity contribution in [3.05, 3.63) is 59.1 Å². The fraction of sp³-hybridized carbons (Fsp3) is 0.316. The standard InChI is InChI=1S/C19H22ClNO3S/c1-14(24-17-9-7-16(23-2)8-10-17)19(22)21-11-12-25-13-15-5-3-4-6-18(15)20/h3-10,14H,11-13H2,1-2H3,(H,21,22)/t14-/m0/s1. The highest BCUT2D eigenvalue weighted by atomic mass is 35.5. The van der Waals surface area contributed by atoms with Gasteiger partial charge in [0, 0.05) is 23.1 Å². The van der Waals surface area contributed by atoms with Gasteiger partial charge in [-0.05, 0) is 42.8 Å². The van der Waals surface area contributed by atoms with Crippen molar-refractivity contribution in [1.29, 1.82) is 0 Å². The van der Waals surface area contributed by atoms with E-state index in [2.05, 4.69) is 5.32 Å². The second-order valence-electron chi connectivity index (χ2n) is 5.37. The maximum Gasteiger partial charge on any atom is 0.260 e. The zero-order chi connectivity index (χ0) is 18.1. The summed E-state index contributed by atoms with van der Waals surface area (Å²) in [5.74, 6) is 2.89. The van der Waals surface area contributed by atoms with Crippen LogP contribution in [-0.4, -0.2) is 31.4 Å². The van der Waals surface area contributed by atoms with Gasteiger partial charge in [0.25, 0.3) is 5.91 Å². The Morgan fingerprint density at radius 2 is 1.84 bits per heavy atom. The number of halogens is 1. The first-order chi connectivity index (χ1) is 12.1. The van der Waals surface area contributed by atoms with Crippen LogP contribution in [-0.2, 0) is 10.5 Å². The Balaban J connectivity index is 1.66. The van der Waals surface area contributed by atoms with Crippen LogP contribution in [0.3, 0.4) is 0 Å². The van der Waals surface area contributed by atoms with Crippen molar-refractivity contribution in [1.82, 2.24) is 5.32 Å². The highest BCUT2D eigenvalue weighted by molar-refractivity contribution is 7.98. The van der Waals surface area contributed by atoms with Crippen molar-refractivity contribution >= 4 is 29.3 Å². The van der Waals surface area contributed by atoms with Gasteiger partial charge in [-0.1, -0.05) is 29.8 Å². The minimum Gasteiger partial charge on any atom is -0.497 e. The predicted molar refractivity (Wildman–Crippen MR) is 104 cm³/mol. The third kappa shape index (κ3) is 6.52. The maximum absolute atomic E-state index is 12.1. The number of thioether (sulfide) groups is 1. The summed E-state index contributed by atoms with van der Waals surface area (Å²) in [4.78, 5) is 12.1. The van der Waals surface area contributed by atoms with Gasteiger partial charge < -0.3 is 14.8 Å². The Labute approximate surface area is 157 Å². The minimum atomic E-state index is -0.554. The molecule has 0 saturated carbocycles. The third-order valence-corrected chi connectivity index (χ3v) is 4.88. The molecule has 0 bridgehead atoms. The summed E-state index contributed by atoms with van der Waals surface area (Å²) in [6.07, 6.45) is -0.554. The summed E-state index contributed by atoms with van der Waals surface area (Å²) in [6.45, 7) is 2.32. The van der Waals surface area contributed by atoms with Crippen LogP contribution >= 0.6 is 23.4 Å². The molecule has 0 saturated heterocycles. The molecule has 0 heterocycles. The summed E-state index contributed by atoms with van der Waals surface area (Å²) in [6, 6.07) is 14.9. The van der Waals surface area contributed by atoms with E-state index in [1.165, 1.54) is 0 Å². The van der Waals surface area contributed by atoms with Crippen LogP contribution in [0.2, 0.25) is 5.02 Å². The maximum atomic E-state index is 12.1. The molecule has 1 amide bonds. The van der Waals surface area contributed by atoms with E-state index in [9.17, 15) is 4.79 Å². The van der Waals surface area contributed by atoms with E-state index in [1.807, 2.05) is 24.3 Å². The van der Waals surface area contributed by atoms with Gasteiger partial charge in [-0.25, -0.2) is 0 Å². The summed E-state index contributed by atoms with van der Waals surface area (Å²) in [7, 11) is 1.61. The first-order valence-corrected chi connectivity index (χ1v) is 9.53. The number of benzene rings is 2. The molecule has 0 fully saturated rings. The normalized spacial score (nSPS) is 11.6. The van der Waals surface area contributed by atoms with E-state index in [0.29, 0.717) is 12.3 Å². The van der Waals surface area contributed by atoms with Crippen LogP contribution < -0.4 is 14.8 Å². The molecule has 1 N–H and O–H groups in total. The Bertz CT molecular complexity index is 679. The Morgan fingerprint density at radius 3 is 2.52 bits per heavy atom. The largest absolute Gasteiger partial charge is 0.497 e. The zero-order valence-electron chi connectivity index (χ0n) is 14.3. The molecule has 0 radical (unpaired) electrons. The van der Waals surface area contributed by atoms with Gasteiger partial charge >= 0.3 is 0 Å². The molecule has 2 aromatic rings. The van der Waals surface area contributed by atoms with Crippen LogP contribution in [0.15, 0.2) is 48.5 Å². The number of methoxy groups -OCH3 is 1. The van der Waals surface area contributed by atoms with Crippen molar-refractivity contribution in [3.8, 4) is 11.5 Å². The number of hydrogen-bond acceptors (Lipinski definition) is 4. The summed E-state index contributed by atoms with van der Waals surface area (Å²) < 4.78 is 10.7. The molecule has 0 aromatic heterocycles. The van der Waals surface area contributed by atoms with Gasteiger partial charge in [0.2, 0.25) is 0 Å². The molecule has 2 aromatic carbocycles. The van der Waals surface area contributed by atoms with Crippen LogP contribution in [0.4, 0.5) is 0 Å². The summed E-state index contributed by atoms with van der Waals surface area (Å²) in [5, 5.41) is 3.66. The molecule has 0 aliphatic heterocycles. The van der Waals surface area contributed by atoms with Crippen LogP contribution in [0.1, 0.15) is 12.5 Å². The highest BCUT2D eigenvalue weighted by Crippen LogP contribution is 2.20. The van der Waals surface area contributed by atoms with Gasteiger partial charge in [0.05, 0.1) is 7.11 Å². The third-order valence-electron chi connectivity index (χ3n) is 3.50. The van der Waals surface area contributed by atoms with Crippen molar-refractivity contribution in [2.75, 3.05) is 19.4 Å². The Morgan fingerprint density at radius 1 is 1.16 bits per heavy atom. The average Bonchev–Trinajstić information content (AvgIpc) is 2.63. The van der Waals surface area contributed by atoms with Crippen molar-refractivity contribution in [3.63, 3.8) is 0 Å². The van der Waals surface area contributed by atoms with Gasteiger partial charge in [-0.15, -0.1) is 0 Å². The molecule has 0 aliphatic rings. The number of carbonyl (C=O) groups is 1. The molecule has 2 rings (SSSR count). The number of amides is 1. The Kier molecular flexibility index (Phi) is 7.95. The second kappa shape index (κ2) is 10.2. The minimum absolute atomic E-state index is 0.130. The lowest BCUT2D eigenvalue weighted by Gasteiger charge is -2.15. The molecule has 25 heavy (non-hydrogen) atoms. The fourth-order valence-electron chi connectivity index (χ4n) is 2.10. The first kappa shape index (κ1) is 19.5. The van der Waals surface area contributed by atoms with E-state index in [-0.39, 0.29) is 5.91 Å². The van der Waals surface area contributed by atoms with Gasteiger partial charge in [0.15, 0.2) is 6.10 Å². The van der Waals surface area contributed by atoms with Gasteiger partial charge in [-0.3, -0.25) is 4.79 Å². The van der Waals surface area contributed by atoms with E-state index >= 15 is 0 Å². The topological polar surface area (TPSA) is 47.6 Å². The number of ether oxygens (including phenoxy) is 2. The second-order valence-corrected chi connectivity index (χ2v) is 6.88. The van der Waals surface area contributed by atoms with Crippen molar-refractivity contribution < 1.29 is 14.3 Å². The van der Waals surface area contributed by atoms with Crippen molar-refractivity contribution in [2.45, 2.75) is 18.8 Å². The van der Waals surface area contributed by atoms with Crippen molar-refractivity contribution in [2.24, 2.45) is 0 Å². The number of rotatable bonds is 9. The van der Waals surface area contributed by atoms with Crippen LogP contribution in [0.5, 0.6) is 11.5 Å². The molecule has 6 heteroatoms. The van der Waals surface area contributed by atoms with E-state index in [4.69, 9.17) is 21.1 Å². The molecule has 0 aliphatic carbocycles. The van der Waals surface area contributed by atoms with E-state index < -0.39 is 6.10 Å². The predicted octanol–water partition coefficient (Wildman–Crippen LogP) is 4.17. The molecular formula is C19H22ClNO3S. The lowest BCUT2D eigenvalue weighted by Crippen LogP contribution is -2.37. The van der Waals surface area contributed by atoms with Gasteiger partial charge in [-0.2, -0.15) is 11.8 Å². The zero-order valence-corrected chi connectivity index (χ0v) is 15.9. The smallest absolute Gasteiger partial charge is 0.260 e. The monoisotopic (exact) mass is 379 g/mol.